The highest BCUT2D eigenvalue weighted by atomic mass is 19.1. The highest BCUT2D eigenvalue weighted by Gasteiger charge is 2.41. The first-order valence-electron chi connectivity index (χ1n) is 14.5. The first-order valence-corrected chi connectivity index (χ1v) is 14.5. The van der Waals surface area contributed by atoms with Crippen LogP contribution in [0.2, 0.25) is 0 Å². The molecular formula is C34H36FN4O3+. The second-order valence-electron chi connectivity index (χ2n) is 10.6. The van der Waals surface area contributed by atoms with E-state index in [9.17, 15) is 14.0 Å². The van der Waals surface area contributed by atoms with E-state index in [-0.39, 0.29) is 17.6 Å². The minimum atomic E-state index is -0.545. The third-order valence-electron chi connectivity index (χ3n) is 7.29. The molecule has 0 aliphatic carbocycles. The molecule has 0 bridgehead atoms. The molecule has 0 saturated heterocycles. The van der Waals surface area contributed by atoms with Crippen LogP contribution in [0.4, 0.5) is 10.2 Å². The van der Waals surface area contributed by atoms with Crippen molar-refractivity contribution in [2.24, 2.45) is 0 Å². The van der Waals surface area contributed by atoms with Crippen LogP contribution in [0.5, 0.6) is 5.75 Å². The van der Waals surface area contributed by atoms with Crippen molar-refractivity contribution in [3.05, 3.63) is 108 Å². The number of nitrogens with one attached hydrogen (secondary N) is 2. The molecule has 1 aliphatic rings. The molecule has 8 heteroatoms. The predicted octanol–water partition coefficient (Wildman–Crippen LogP) is 5.52. The van der Waals surface area contributed by atoms with Gasteiger partial charge in [-0.25, -0.2) is 14.2 Å². The van der Waals surface area contributed by atoms with Crippen molar-refractivity contribution in [2.45, 2.75) is 51.5 Å². The fourth-order valence-electron chi connectivity index (χ4n) is 5.12. The number of ether oxygens (including phenoxy) is 1. The molecule has 1 amide bonds. The molecule has 1 aliphatic heterocycles. The van der Waals surface area contributed by atoms with Crippen molar-refractivity contribution < 1.29 is 23.3 Å². The van der Waals surface area contributed by atoms with E-state index in [0.717, 1.165) is 48.2 Å². The number of anilines is 1. The number of fused-ring (bicyclic) bond motifs is 1. The van der Waals surface area contributed by atoms with E-state index in [1.807, 2.05) is 66.7 Å². The van der Waals surface area contributed by atoms with Crippen molar-refractivity contribution in [3.63, 3.8) is 0 Å². The molecule has 0 saturated carbocycles. The van der Waals surface area contributed by atoms with Gasteiger partial charge in [0, 0.05) is 31.9 Å². The molecule has 42 heavy (non-hydrogen) atoms. The minimum absolute atomic E-state index is 0.0179. The maximum Gasteiger partial charge on any atom is 0.359 e. The zero-order valence-electron chi connectivity index (χ0n) is 23.8. The fraction of sp³-hybridized carbons (Fsp3) is 0.294. The Morgan fingerprint density at radius 2 is 1.71 bits per heavy atom. The van der Waals surface area contributed by atoms with E-state index in [2.05, 4.69) is 10.6 Å². The molecule has 0 radical (unpaired) electrons. The monoisotopic (exact) mass is 567 g/mol. The van der Waals surface area contributed by atoms with E-state index in [1.54, 1.807) is 16.8 Å². The summed E-state index contributed by atoms with van der Waals surface area (Å²) in [7, 11) is 0. The van der Waals surface area contributed by atoms with Gasteiger partial charge in [0.2, 0.25) is 5.91 Å². The Labute approximate surface area is 245 Å². The number of hydrogen-bond acceptors (Lipinski definition) is 5. The zero-order chi connectivity index (χ0) is 29.3. The molecule has 0 spiro atoms. The molecule has 2 heterocycles. The number of carbonyl (C=O) groups excluding carboxylic acids is 2. The van der Waals surface area contributed by atoms with Crippen molar-refractivity contribution in [1.29, 1.82) is 0 Å². The Kier molecular flexibility index (Phi) is 9.54. The van der Waals surface area contributed by atoms with Gasteiger partial charge >= 0.3 is 11.7 Å². The van der Waals surface area contributed by atoms with E-state index >= 15 is 0 Å². The second kappa shape index (κ2) is 13.9. The van der Waals surface area contributed by atoms with Gasteiger partial charge in [-0.3, -0.25) is 10.1 Å². The second-order valence-corrected chi connectivity index (χ2v) is 10.6. The average molecular weight is 568 g/mol. The standard InChI is InChI=1S/C34H35FN4O3/c1-24(40)36-18-10-2-3-11-19-42-32-17-16-26(20-28(32)35)22-30-34(41)39-23-31(27-14-8-5-9-15-27)37-29(33(39)38-30)21-25-12-6-4-7-13-25/h4-9,12-17,20,23,30H,2-3,10-11,18-19,21-22H2,1H3,(H,36,40)/p+1. The maximum atomic E-state index is 14.9. The van der Waals surface area contributed by atoms with Crippen LogP contribution in [-0.4, -0.2) is 36.0 Å². The van der Waals surface area contributed by atoms with Gasteiger partial charge in [0.05, 0.1) is 6.61 Å². The SMILES string of the molecule is CC(=O)NCCCCCCOc1ccc(CC2Nc3c(Cc4ccccc4)nc(-c4ccccc4)c[n+]3C2=O)cc1F. The fourth-order valence-corrected chi connectivity index (χ4v) is 5.12. The third-order valence-corrected chi connectivity index (χ3v) is 7.29. The topological polar surface area (TPSA) is 84.2 Å². The summed E-state index contributed by atoms with van der Waals surface area (Å²) in [5.74, 6) is 0.327. The van der Waals surface area contributed by atoms with Crippen LogP contribution in [-0.2, 0) is 17.6 Å². The molecule has 1 aromatic heterocycles. The number of unbranched alkanes of at least 4 members (excludes halogenated alkanes) is 3. The van der Waals surface area contributed by atoms with E-state index in [1.165, 1.54) is 13.0 Å². The highest BCUT2D eigenvalue weighted by molar-refractivity contribution is 5.82. The summed E-state index contributed by atoms with van der Waals surface area (Å²) in [6, 6.07) is 24.2. The number of hydrogen-bond donors (Lipinski definition) is 2. The quantitative estimate of drug-likeness (QED) is 0.164. The molecule has 3 aromatic carbocycles. The molecule has 1 atom stereocenters. The highest BCUT2D eigenvalue weighted by Crippen LogP contribution is 2.26. The Morgan fingerprint density at radius 3 is 2.45 bits per heavy atom. The van der Waals surface area contributed by atoms with Crippen LogP contribution in [0.1, 0.15) is 54.2 Å². The molecule has 216 valence electrons. The van der Waals surface area contributed by atoms with E-state index in [0.29, 0.717) is 37.4 Å². The molecule has 7 nitrogen and oxygen atoms in total. The summed E-state index contributed by atoms with van der Waals surface area (Å²) in [4.78, 5) is 29.4. The summed E-state index contributed by atoms with van der Waals surface area (Å²) in [6.45, 7) is 2.61. The van der Waals surface area contributed by atoms with Gasteiger partial charge in [-0.2, -0.15) is 4.57 Å². The minimum Gasteiger partial charge on any atom is -0.491 e. The lowest BCUT2D eigenvalue weighted by molar-refractivity contribution is -0.552. The van der Waals surface area contributed by atoms with Gasteiger partial charge in [0.15, 0.2) is 17.6 Å². The molecule has 5 rings (SSSR count). The van der Waals surface area contributed by atoms with Crippen LogP contribution < -0.4 is 19.9 Å². The number of halogens is 1. The summed E-state index contributed by atoms with van der Waals surface area (Å²) in [5.41, 5.74) is 4.24. The maximum absolute atomic E-state index is 14.9. The number of nitrogens with zero attached hydrogens (tertiary/aromatic N) is 2. The number of amides is 1. The van der Waals surface area contributed by atoms with Crippen molar-refractivity contribution in [3.8, 4) is 17.0 Å². The summed E-state index contributed by atoms with van der Waals surface area (Å²) >= 11 is 0. The lowest BCUT2D eigenvalue weighted by Gasteiger charge is -2.10. The lowest BCUT2D eigenvalue weighted by atomic mass is 10.1. The van der Waals surface area contributed by atoms with Gasteiger partial charge < -0.3 is 10.1 Å². The Morgan fingerprint density at radius 1 is 0.976 bits per heavy atom. The number of carbonyl (C=O) groups is 2. The van der Waals surface area contributed by atoms with Crippen LogP contribution in [0.15, 0.2) is 85.1 Å². The van der Waals surface area contributed by atoms with Gasteiger partial charge in [0.1, 0.15) is 17.6 Å². The summed E-state index contributed by atoms with van der Waals surface area (Å²) in [5, 5.41) is 6.16. The Hall–Kier alpha value is -4.59. The van der Waals surface area contributed by atoms with Crippen LogP contribution in [0.25, 0.3) is 11.3 Å². The molecule has 1 unspecified atom stereocenters. The van der Waals surface area contributed by atoms with Crippen molar-refractivity contribution in [2.75, 3.05) is 18.5 Å². The average Bonchev–Trinajstić information content (AvgIpc) is 3.31. The summed E-state index contributed by atoms with van der Waals surface area (Å²) in [6.07, 6.45) is 6.32. The number of benzene rings is 3. The van der Waals surface area contributed by atoms with Gasteiger partial charge in [-0.1, -0.05) is 79.6 Å². The van der Waals surface area contributed by atoms with Crippen molar-refractivity contribution in [1.82, 2.24) is 10.3 Å². The van der Waals surface area contributed by atoms with Gasteiger partial charge in [0.25, 0.3) is 0 Å². The van der Waals surface area contributed by atoms with E-state index < -0.39 is 11.9 Å². The molecular weight excluding hydrogens is 531 g/mol. The number of aromatic nitrogens is 2. The van der Waals surface area contributed by atoms with Crippen LogP contribution in [0, 0.1) is 5.82 Å². The van der Waals surface area contributed by atoms with Gasteiger partial charge in [-0.15, -0.1) is 0 Å². The largest absolute Gasteiger partial charge is 0.491 e. The predicted molar refractivity (Wildman–Crippen MR) is 160 cm³/mol. The number of rotatable bonds is 13. The van der Waals surface area contributed by atoms with Crippen LogP contribution >= 0.6 is 0 Å². The smallest absolute Gasteiger partial charge is 0.359 e. The van der Waals surface area contributed by atoms with Crippen LogP contribution in [0.3, 0.4) is 0 Å². The Balaban J connectivity index is 1.24. The first-order chi connectivity index (χ1) is 20.5. The Bertz CT molecular complexity index is 1530. The summed E-state index contributed by atoms with van der Waals surface area (Å²) < 4.78 is 22.2. The molecule has 4 aromatic rings. The molecule has 2 N–H and O–H groups in total. The van der Waals surface area contributed by atoms with Crippen molar-refractivity contribution >= 4 is 17.6 Å². The normalized spacial score (nSPS) is 13.9. The van der Waals surface area contributed by atoms with E-state index in [4.69, 9.17) is 9.72 Å². The lowest BCUT2D eigenvalue weighted by Crippen LogP contribution is -2.44. The third kappa shape index (κ3) is 7.37. The molecule has 0 fully saturated rings. The zero-order valence-corrected chi connectivity index (χ0v) is 23.8. The van der Waals surface area contributed by atoms with Gasteiger partial charge in [-0.05, 0) is 36.1 Å². The first kappa shape index (κ1) is 28.9.